The van der Waals surface area contributed by atoms with E-state index in [-0.39, 0.29) is 22.3 Å². The van der Waals surface area contributed by atoms with Crippen molar-refractivity contribution in [3.05, 3.63) is 253 Å². The van der Waals surface area contributed by atoms with Gasteiger partial charge in [-0.2, -0.15) is 4.58 Å². The van der Waals surface area contributed by atoms with Crippen LogP contribution in [0.25, 0.3) is 5.57 Å². The fraction of sp³-hybridized carbons (Fsp3) is 0.156. The molecule has 2 aliphatic carbocycles. The monoisotopic (exact) mass is 946 g/mol. The van der Waals surface area contributed by atoms with Crippen LogP contribution in [0, 0.1) is 69.2 Å². The van der Waals surface area contributed by atoms with Crippen LogP contribution in [0.15, 0.2) is 180 Å². The summed E-state index contributed by atoms with van der Waals surface area (Å²) in [7, 11) is 0. The third kappa shape index (κ3) is 9.51. The third-order valence-corrected chi connectivity index (χ3v) is 13.5. The number of hydrogen-bond acceptors (Lipinski definition) is 5. The summed E-state index contributed by atoms with van der Waals surface area (Å²) in [4.78, 5) is 45.4. The summed E-state index contributed by atoms with van der Waals surface area (Å²) in [6.45, 7) is 20.4. The molecule has 0 radical (unpaired) electrons. The van der Waals surface area contributed by atoms with Crippen molar-refractivity contribution < 1.29 is 19.5 Å². The lowest BCUT2D eigenvalue weighted by molar-refractivity contribution is -0.297. The first-order chi connectivity index (χ1) is 34.4. The fourth-order valence-electron chi connectivity index (χ4n) is 9.71. The van der Waals surface area contributed by atoms with Gasteiger partial charge in [0.1, 0.15) is 0 Å². The maximum Gasteiger partial charge on any atom is 0.255 e. The Morgan fingerprint density at radius 3 is 1.42 bits per heavy atom. The number of nitrogens with zero attached hydrogens (tertiary/aromatic N) is 2. The van der Waals surface area contributed by atoms with Crippen LogP contribution in [0.3, 0.4) is 0 Å². The molecule has 0 aromatic heterocycles. The summed E-state index contributed by atoms with van der Waals surface area (Å²) in [5.41, 5.74) is 17.8. The Hall–Kier alpha value is -8.62. The van der Waals surface area contributed by atoms with Crippen LogP contribution in [-0.2, 0) is 4.79 Å². The summed E-state index contributed by atoms with van der Waals surface area (Å²) in [6, 6.07) is 45.1. The minimum atomic E-state index is -0.501. The van der Waals surface area contributed by atoms with Crippen molar-refractivity contribution in [2.24, 2.45) is 0 Å². The summed E-state index contributed by atoms with van der Waals surface area (Å²) in [5.74, 6) is -1.79. The zero-order chi connectivity index (χ0) is 51.1. The largest absolute Gasteiger partial charge is 0.871 e. The van der Waals surface area contributed by atoms with Gasteiger partial charge in [-0.15, -0.1) is 0 Å². The number of benzene rings is 7. The molecule has 0 spiro atoms. The van der Waals surface area contributed by atoms with Crippen LogP contribution in [0.2, 0.25) is 0 Å². The number of allylic oxidation sites excluding steroid dienone is 5. The normalized spacial score (nSPS) is 14.2. The van der Waals surface area contributed by atoms with Crippen LogP contribution in [-0.4, -0.2) is 23.3 Å². The molecular formula is C64H58N4O4. The lowest BCUT2D eigenvalue weighted by atomic mass is 9.78. The van der Waals surface area contributed by atoms with Crippen molar-refractivity contribution in [3.63, 3.8) is 0 Å². The second kappa shape index (κ2) is 19.6. The lowest BCUT2D eigenvalue weighted by Gasteiger charge is -2.35. The topological polar surface area (TPSA) is 105 Å². The number of amides is 2. The molecule has 2 N–H and O–H groups in total. The molecule has 0 saturated heterocycles. The first kappa shape index (κ1) is 48.4. The average molecular weight is 947 g/mol. The summed E-state index contributed by atoms with van der Waals surface area (Å²) >= 11 is 0. The average Bonchev–Trinajstić information content (AvgIpc) is 3.33. The van der Waals surface area contributed by atoms with Gasteiger partial charge in [-0.05, 0) is 147 Å². The second-order valence-electron chi connectivity index (χ2n) is 19.3. The third-order valence-electron chi connectivity index (χ3n) is 13.5. The van der Waals surface area contributed by atoms with E-state index in [1.54, 1.807) is 36.4 Å². The van der Waals surface area contributed by atoms with Crippen molar-refractivity contribution in [1.29, 1.82) is 0 Å². The molecule has 2 aliphatic rings. The number of rotatable bonds is 10. The molecule has 72 heavy (non-hydrogen) atoms. The van der Waals surface area contributed by atoms with Crippen LogP contribution in [0.5, 0.6) is 0 Å². The second-order valence-corrected chi connectivity index (χ2v) is 19.3. The van der Waals surface area contributed by atoms with E-state index in [4.69, 9.17) is 0 Å². The molecule has 0 unspecified atom stereocenters. The Morgan fingerprint density at radius 1 is 0.486 bits per heavy atom. The first-order valence-electron chi connectivity index (χ1n) is 24.2. The minimum Gasteiger partial charge on any atom is -0.871 e. The van der Waals surface area contributed by atoms with Gasteiger partial charge in [0.25, 0.3) is 11.8 Å². The van der Waals surface area contributed by atoms with E-state index >= 15 is 0 Å². The Balaban J connectivity index is 1.23. The Kier molecular flexibility index (Phi) is 13.2. The highest BCUT2D eigenvalue weighted by Gasteiger charge is 2.36. The maximum absolute atomic E-state index is 15.0. The highest BCUT2D eigenvalue weighted by Crippen LogP contribution is 2.45. The van der Waals surface area contributed by atoms with E-state index in [9.17, 15) is 19.5 Å². The smallest absolute Gasteiger partial charge is 0.255 e. The Morgan fingerprint density at radius 2 is 0.944 bits per heavy atom. The summed E-state index contributed by atoms with van der Waals surface area (Å²) in [5, 5.41) is 21.2. The molecule has 0 bridgehead atoms. The lowest BCUT2D eigenvalue weighted by Crippen LogP contribution is -2.34. The molecule has 358 valence electrons. The molecule has 0 atom stereocenters. The van der Waals surface area contributed by atoms with Crippen molar-refractivity contribution in [2.45, 2.75) is 69.2 Å². The molecule has 7 aromatic rings. The molecule has 0 heterocycles. The van der Waals surface area contributed by atoms with Gasteiger partial charge < -0.3 is 20.6 Å². The van der Waals surface area contributed by atoms with Crippen LogP contribution in [0.1, 0.15) is 81.9 Å². The molecule has 7 aromatic carbocycles. The molecular weight excluding hydrogens is 889 g/mol. The number of Topliss-reactive ketones (excluding diaryl/α,β-unsaturated/α-hetero) is 1. The quantitative estimate of drug-likeness (QED) is 0.105. The summed E-state index contributed by atoms with van der Waals surface area (Å²) < 4.78 is 2.14. The maximum atomic E-state index is 15.0. The van der Waals surface area contributed by atoms with Crippen molar-refractivity contribution in [2.75, 3.05) is 10.2 Å². The Bertz CT molecular complexity index is 3460. The van der Waals surface area contributed by atoms with Gasteiger partial charge in [-0.25, -0.2) is 0 Å². The van der Waals surface area contributed by atoms with E-state index in [1.165, 1.54) is 0 Å². The highest BCUT2D eigenvalue weighted by molar-refractivity contribution is 6.40. The highest BCUT2D eigenvalue weighted by atomic mass is 16.3. The van der Waals surface area contributed by atoms with Gasteiger partial charge in [0.15, 0.2) is 5.78 Å². The van der Waals surface area contributed by atoms with Crippen LogP contribution < -0.4 is 25.2 Å². The molecule has 8 nitrogen and oxygen atoms in total. The van der Waals surface area contributed by atoms with E-state index in [0.29, 0.717) is 22.5 Å². The van der Waals surface area contributed by atoms with Gasteiger partial charge >= 0.3 is 0 Å². The van der Waals surface area contributed by atoms with E-state index in [1.807, 2.05) is 62.4 Å². The van der Waals surface area contributed by atoms with Crippen LogP contribution >= 0.6 is 0 Å². The van der Waals surface area contributed by atoms with Gasteiger partial charge in [-0.3, -0.25) is 14.4 Å². The number of nitrogens with one attached hydrogen (secondary N) is 2. The van der Waals surface area contributed by atoms with Gasteiger partial charge in [0.05, 0.1) is 11.4 Å². The van der Waals surface area contributed by atoms with Gasteiger partial charge in [-0.1, -0.05) is 106 Å². The number of anilines is 4. The molecule has 0 fully saturated rings. The Labute approximate surface area is 422 Å². The number of hydrogen-bond donors (Lipinski definition) is 2. The first-order valence-corrected chi connectivity index (χ1v) is 24.2. The molecule has 8 heteroatoms. The zero-order valence-corrected chi connectivity index (χ0v) is 42.5. The van der Waals surface area contributed by atoms with E-state index in [2.05, 4.69) is 148 Å². The molecule has 0 saturated carbocycles. The van der Waals surface area contributed by atoms with E-state index in [0.717, 1.165) is 89.8 Å². The van der Waals surface area contributed by atoms with Crippen molar-refractivity contribution >= 4 is 63.0 Å². The van der Waals surface area contributed by atoms with E-state index < -0.39 is 23.4 Å². The minimum absolute atomic E-state index is 0.0626. The molecule has 2 amide bonds. The standard InChI is InChI=1S/C64H58N4O4/c1-37-11-19-47(20-12-37)63(71)65-53-35-49(67(55-27-15-39(3)31-43(55)7)56-28-16-40(4)32-44(56)8)23-25-51(53)59-61(69)60(62(59)70)52-26-24-50(36-54(52)66-64(72)48-21-13-38(2)14-22-48)68(57-29-17-41(5)33-45(57)9)58-30-18-42(6)34-46(58)10/h11-36H,1-10H3,(H2,65,66,69,70,71,72). The SMILES string of the molecule is Cc1ccc(C(=O)NC2=CC(=[N+](c3ccc(C)cc3C)c3ccc(C)cc3C)C=C/C2=C2\C(=O)C(c3ccc(N(c4ccc(C)cc4C)c4ccc(C)cc4C)cc3NC(=O)c3ccc(C)cc3)=C2[O-])cc1. The van der Waals surface area contributed by atoms with Gasteiger partial charge in [0, 0.05) is 85.9 Å². The fourth-order valence-corrected chi connectivity index (χ4v) is 9.71. The number of aryl methyl sites for hydroxylation is 10. The number of carbonyl (C=O) groups excluding carboxylic acids is 3. The number of carbonyl (C=O) groups is 3. The van der Waals surface area contributed by atoms with Crippen LogP contribution in [0.4, 0.5) is 34.1 Å². The van der Waals surface area contributed by atoms with Crippen molar-refractivity contribution in [1.82, 2.24) is 9.89 Å². The van der Waals surface area contributed by atoms with Crippen molar-refractivity contribution in [3.8, 4) is 0 Å². The predicted molar refractivity (Wildman–Crippen MR) is 292 cm³/mol. The molecule has 9 rings (SSSR count). The predicted octanol–water partition coefficient (Wildman–Crippen LogP) is 13.3. The molecule has 0 aliphatic heterocycles. The van der Waals surface area contributed by atoms with Gasteiger partial charge in [0.2, 0.25) is 17.1 Å². The number of ketones is 1. The summed E-state index contributed by atoms with van der Waals surface area (Å²) in [6.07, 6.45) is 5.47. The zero-order valence-electron chi connectivity index (χ0n) is 42.5.